The molecule has 1 atom stereocenters. The average Bonchev–Trinajstić information content (AvgIpc) is 3.10. The maximum Gasteiger partial charge on any atom is 0.237 e. The summed E-state index contributed by atoms with van der Waals surface area (Å²) < 4.78 is 1.79. The van der Waals surface area contributed by atoms with Crippen molar-refractivity contribution in [2.75, 3.05) is 29.1 Å². The van der Waals surface area contributed by atoms with Crippen molar-refractivity contribution in [2.45, 2.75) is 47.0 Å². The van der Waals surface area contributed by atoms with Gasteiger partial charge in [0.2, 0.25) is 5.91 Å². The molecular weight excluding hydrogens is 384 g/mol. The van der Waals surface area contributed by atoms with Crippen molar-refractivity contribution in [1.82, 2.24) is 10.2 Å². The number of hydrogen-bond donors (Lipinski definition) is 1. The number of aromatic nitrogens is 2. The molecule has 1 amide bonds. The first-order valence-corrected chi connectivity index (χ1v) is 11.6. The van der Waals surface area contributed by atoms with Crippen LogP contribution in [0.3, 0.4) is 0 Å². The molecule has 0 saturated carbocycles. The number of amides is 1. The third kappa shape index (κ3) is 5.37. The van der Waals surface area contributed by atoms with Crippen LogP contribution in [0.1, 0.15) is 33.1 Å². The van der Waals surface area contributed by atoms with E-state index in [0.717, 1.165) is 33.2 Å². The van der Waals surface area contributed by atoms with Gasteiger partial charge in [0.05, 0.1) is 5.25 Å². The van der Waals surface area contributed by atoms with Gasteiger partial charge in [-0.25, -0.2) is 0 Å². The maximum absolute atomic E-state index is 12.4. The first-order chi connectivity index (χ1) is 12.7. The van der Waals surface area contributed by atoms with E-state index in [2.05, 4.69) is 39.5 Å². The fraction of sp³-hybridized carbons (Fsp3) is 0.500. The lowest BCUT2D eigenvalue weighted by atomic mass is 10.1. The van der Waals surface area contributed by atoms with E-state index >= 15 is 0 Å². The molecule has 140 valence electrons. The second kappa shape index (κ2) is 9.62. The summed E-state index contributed by atoms with van der Waals surface area (Å²) >= 11 is 4.67. The highest BCUT2D eigenvalue weighted by molar-refractivity contribution is 8.03. The number of carbonyl (C=O) groups is 1. The summed E-state index contributed by atoms with van der Waals surface area (Å²) in [6, 6.07) is 8.16. The van der Waals surface area contributed by atoms with Crippen LogP contribution in [-0.2, 0) is 4.79 Å². The van der Waals surface area contributed by atoms with E-state index in [1.165, 1.54) is 36.7 Å². The fourth-order valence-corrected chi connectivity index (χ4v) is 5.84. The Labute approximate surface area is 167 Å². The van der Waals surface area contributed by atoms with Crippen LogP contribution in [0, 0.1) is 0 Å². The van der Waals surface area contributed by atoms with Crippen molar-refractivity contribution < 1.29 is 4.79 Å². The summed E-state index contributed by atoms with van der Waals surface area (Å²) in [4.78, 5) is 14.9. The highest BCUT2D eigenvalue weighted by Gasteiger charge is 2.18. The molecule has 0 spiro atoms. The van der Waals surface area contributed by atoms with Gasteiger partial charge in [-0.2, -0.15) is 0 Å². The van der Waals surface area contributed by atoms with E-state index in [4.69, 9.17) is 0 Å². The zero-order valence-electron chi connectivity index (χ0n) is 15.1. The molecule has 8 heteroatoms. The van der Waals surface area contributed by atoms with Crippen molar-refractivity contribution in [3.63, 3.8) is 0 Å². The summed E-state index contributed by atoms with van der Waals surface area (Å²) in [7, 11) is 0. The van der Waals surface area contributed by atoms with Crippen molar-refractivity contribution in [1.29, 1.82) is 0 Å². The minimum Gasteiger partial charge on any atom is -0.372 e. The molecule has 26 heavy (non-hydrogen) atoms. The maximum atomic E-state index is 12.4. The first kappa shape index (κ1) is 19.5. The molecule has 3 rings (SSSR count). The van der Waals surface area contributed by atoms with E-state index in [9.17, 15) is 4.79 Å². The number of thioether (sulfide) groups is 2. The summed E-state index contributed by atoms with van der Waals surface area (Å²) in [6.07, 6.45) is 3.85. The lowest BCUT2D eigenvalue weighted by Crippen LogP contribution is -2.29. The molecule has 1 aliphatic heterocycles. The molecule has 0 bridgehead atoms. The topological polar surface area (TPSA) is 58.1 Å². The highest BCUT2D eigenvalue weighted by Crippen LogP contribution is 2.31. The third-order valence-electron chi connectivity index (χ3n) is 4.16. The number of piperidine rings is 1. The van der Waals surface area contributed by atoms with Crippen LogP contribution in [0.2, 0.25) is 0 Å². The number of hydrogen-bond acceptors (Lipinski definition) is 7. The van der Waals surface area contributed by atoms with Crippen LogP contribution in [0.5, 0.6) is 0 Å². The first-order valence-electron chi connectivity index (χ1n) is 8.94. The van der Waals surface area contributed by atoms with Gasteiger partial charge in [-0.1, -0.05) is 41.8 Å². The van der Waals surface area contributed by atoms with E-state index in [1.807, 2.05) is 19.1 Å². The Morgan fingerprint density at radius 1 is 1.19 bits per heavy atom. The lowest BCUT2D eigenvalue weighted by Gasteiger charge is -2.28. The van der Waals surface area contributed by atoms with Gasteiger partial charge in [-0.15, -0.1) is 10.2 Å². The number of nitrogens with one attached hydrogen (secondary N) is 1. The zero-order chi connectivity index (χ0) is 18.4. The van der Waals surface area contributed by atoms with Crippen molar-refractivity contribution >= 4 is 52.1 Å². The number of nitrogens with zero attached hydrogens (tertiary/aromatic N) is 3. The monoisotopic (exact) mass is 408 g/mol. The second-order valence-corrected chi connectivity index (χ2v) is 10.2. The molecule has 1 aromatic heterocycles. The van der Waals surface area contributed by atoms with E-state index < -0.39 is 0 Å². The number of rotatable bonds is 7. The molecule has 1 aromatic carbocycles. The molecular formula is C18H24N4OS3. The largest absolute Gasteiger partial charge is 0.372 e. The van der Waals surface area contributed by atoms with Crippen LogP contribution in [0.4, 0.5) is 11.4 Å². The van der Waals surface area contributed by atoms with Gasteiger partial charge in [0, 0.05) is 24.5 Å². The second-order valence-electron chi connectivity index (χ2n) is 6.11. The van der Waals surface area contributed by atoms with Gasteiger partial charge in [-0.3, -0.25) is 4.79 Å². The minimum atomic E-state index is -0.218. The van der Waals surface area contributed by atoms with Gasteiger partial charge in [-0.05, 0) is 56.2 Å². The number of benzene rings is 1. The molecule has 0 unspecified atom stereocenters. The Morgan fingerprint density at radius 3 is 2.58 bits per heavy atom. The normalized spacial score (nSPS) is 15.7. The van der Waals surface area contributed by atoms with Gasteiger partial charge >= 0.3 is 0 Å². The molecule has 1 aliphatic rings. The predicted octanol–water partition coefficient (Wildman–Crippen LogP) is 4.76. The molecule has 2 aromatic rings. The SMILES string of the molecule is CCSc1nnc(S[C@@H](C)C(=O)Nc2ccc(N3CCCCC3)cc2)s1. The van der Waals surface area contributed by atoms with Crippen LogP contribution >= 0.6 is 34.9 Å². The van der Waals surface area contributed by atoms with Gasteiger partial charge in [0.1, 0.15) is 0 Å². The van der Waals surface area contributed by atoms with Gasteiger partial charge in [0.15, 0.2) is 8.68 Å². The molecule has 1 fully saturated rings. The molecule has 2 heterocycles. The Balaban J connectivity index is 1.52. The van der Waals surface area contributed by atoms with E-state index in [-0.39, 0.29) is 11.2 Å². The van der Waals surface area contributed by atoms with E-state index in [1.54, 1.807) is 23.1 Å². The smallest absolute Gasteiger partial charge is 0.237 e. The van der Waals surface area contributed by atoms with E-state index in [0.29, 0.717) is 0 Å². The van der Waals surface area contributed by atoms with Gasteiger partial charge in [0.25, 0.3) is 0 Å². The van der Waals surface area contributed by atoms with Crippen LogP contribution in [0.25, 0.3) is 0 Å². The Morgan fingerprint density at radius 2 is 1.88 bits per heavy atom. The summed E-state index contributed by atoms with van der Waals surface area (Å²) in [5.74, 6) is 0.962. The van der Waals surface area contributed by atoms with Crippen LogP contribution in [-0.4, -0.2) is 40.2 Å². The summed E-state index contributed by atoms with van der Waals surface area (Å²) in [6.45, 7) is 6.24. The highest BCUT2D eigenvalue weighted by atomic mass is 32.2. The molecule has 5 nitrogen and oxygen atoms in total. The fourth-order valence-electron chi connectivity index (χ4n) is 2.78. The Hall–Kier alpha value is -1.25. The average molecular weight is 409 g/mol. The van der Waals surface area contributed by atoms with Crippen molar-refractivity contribution in [2.24, 2.45) is 0 Å². The lowest BCUT2D eigenvalue weighted by molar-refractivity contribution is -0.115. The predicted molar refractivity (Wildman–Crippen MR) is 113 cm³/mol. The third-order valence-corrected chi connectivity index (χ3v) is 7.28. The van der Waals surface area contributed by atoms with Crippen LogP contribution < -0.4 is 10.2 Å². The molecule has 1 N–H and O–H groups in total. The summed E-state index contributed by atoms with van der Waals surface area (Å²) in [5, 5.41) is 11.1. The molecule has 1 saturated heterocycles. The quantitative estimate of drug-likeness (QED) is 0.667. The molecule has 0 aliphatic carbocycles. The van der Waals surface area contributed by atoms with Gasteiger partial charge < -0.3 is 10.2 Å². The Kier molecular flexibility index (Phi) is 7.22. The Bertz CT molecular complexity index is 713. The van der Waals surface area contributed by atoms with Crippen LogP contribution in [0.15, 0.2) is 32.9 Å². The number of carbonyl (C=O) groups excluding carboxylic acids is 1. The minimum absolute atomic E-state index is 0.0133. The number of anilines is 2. The van der Waals surface area contributed by atoms with Crippen molar-refractivity contribution in [3.8, 4) is 0 Å². The summed E-state index contributed by atoms with van der Waals surface area (Å²) in [5.41, 5.74) is 2.07. The van der Waals surface area contributed by atoms with Crippen molar-refractivity contribution in [3.05, 3.63) is 24.3 Å². The zero-order valence-corrected chi connectivity index (χ0v) is 17.6. The standard InChI is InChI=1S/C18H24N4OS3/c1-3-24-17-20-21-18(26-17)25-13(2)16(23)19-14-7-9-15(10-8-14)22-11-5-4-6-12-22/h7-10,13H,3-6,11-12H2,1-2H3,(H,19,23)/t13-/m0/s1. The molecule has 0 radical (unpaired) electrons.